The van der Waals surface area contributed by atoms with Gasteiger partial charge in [0.2, 0.25) is 0 Å². The van der Waals surface area contributed by atoms with E-state index in [9.17, 15) is 18.8 Å². The number of rotatable bonds is 3. The Balaban J connectivity index is 1.60. The highest BCUT2D eigenvalue weighted by molar-refractivity contribution is 6.14. The summed E-state index contributed by atoms with van der Waals surface area (Å²) in [7, 11) is 0. The number of hydrogen-bond donors (Lipinski definition) is 0. The molecule has 0 N–H and O–H groups in total. The molecule has 2 aliphatic heterocycles. The SMILES string of the molecule is C[C@@H]1C(=O)N(CN2CCN(C(=O)OC(C)(C)C)CC2)C(=O)N1c1ccc(F)cc1. The highest BCUT2D eigenvalue weighted by atomic mass is 19.1. The van der Waals surface area contributed by atoms with E-state index >= 15 is 0 Å². The highest BCUT2D eigenvalue weighted by Gasteiger charge is 2.44. The van der Waals surface area contributed by atoms with E-state index in [1.54, 1.807) is 11.8 Å². The predicted octanol–water partition coefficient (Wildman–Crippen LogP) is 2.49. The first kappa shape index (κ1) is 21.0. The summed E-state index contributed by atoms with van der Waals surface area (Å²) >= 11 is 0. The maximum atomic E-state index is 13.2. The Bertz CT molecular complexity index is 785. The van der Waals surface area contributed by atoms with Gasteiger partial charge in [-0.15, -0.1) is 0 Å². The molecule has 0 bridgehead atoms. The van der Waals surface area contributed by atoms with E-state index in [2.05, 4.69) is 0 Å². The van der Waals surface area contributed by atoms with Crippen LogP contribution in [-0.4, -0.2) is 77.2 Å². The maximum Gasteiger partial charge on any atom is 0.410 e. The third-order valence-electron chi connectivity index (χ3n) is 4.92. The third-order valence-corrected chi connectivity index (χ3v) is 4.92. The number of piperazine rings is 1. The Labute approximate surface area is 169 Å². The first-order valence-corrected chi connectivity index (χ1v) is 9.67. The van der Waals surface area contributed by atoms with E-state index in [1.807, 2.05) is 25.7 Å². The van der Waals surface area contributed by atoms with Gasteiger partial charge in [-0.25, -0.2) is 18.9 Å². The Hall–Kier alpha value is -2.68. The van der Waals surface area contributed by atoms with Gasteiger partial charge in [0, 0.05) is 31.9 Å². The number of carbonyl (C=O) groups excluding carboxylic acids is 3. The van der Waals surface area contributed by atoms with Crippen molar-refractivity contribution in [2.45, 2.75) is 39.3 Å². The van der Waals surface area contributed by atoms with Gasteiger partial charge in [0.15, 0.2) is 0 Å². The van der Waals surface area contributed by atoms with Crippen LogP contribution in [0.3, 0.4) is 0 Å². The normalized spacial score (nSPS) is 21.1. The molecule has 0 aromatic heterocycles. The van der Waals surface area contributed by atoms with Gasteiger partial charge in [0.05, 0.1) is 6.67 Å². The fourth-order valence-electron chi connectivity index (χ4n) is 3.39. The molecule has 0 saturated carbocycles. The van der Waals surface area contributed by atoms with Crippen molar-refractivity contribution in [2.75, 3.05) is 37.7 Å². The minimum atomic E-state index is -0.656. The van der Waals surface area contributed by atoms with Gasteiger partial charge >= 0.3 is 12.1 Å². The lowest BCUT2D eigenvalue weighted by Crippen LogP contribution is -2.53. The molecule has 2 heterocycles. The number of amides is 4. The number of carbonyl (C=O) groups is 3. The van der Waals surface area contributed by atoms with E-state index in [1.165, 1.54) is 34.1 Å². The number of nitrogens with zero attached hydrogens (tertiary/aromatic N) is 4. The topological polar surface area (TPSA) is 73.4 Å². The second-order valence-corrected chi connectivity index (χ2v) is 8.30. The summed E-state index contributed by atoms with van der Waals surface area (Å²) in [5.74, 6) is -0.701. The lowest BCUT2D eigenvalue weighted by atomic mass is 10.2. The van der Waals surface area contributed by atoms with Crippen LogP contribution in [0.25, 0.3) is 0 Å². The number of urea groups is 1. The summed E-state index contributed by atoms with van der Waals surface area (Å²) in [4.78, 5) is 43.8. The van der Waals surface area contributed by atoms with Crippen molar-refractivity contribution < 1.29 is 23.5 Å². The van der Waals surface area contributed by atoms with Crippen LogP contribution in [0.2, 0.25) is 0 Å². The van der Waals surface area contributed by atoms with Crippen molar-refractivity contribution in [3.63, 3.8) is 0 Å². The van der Waals surface area contributed by atoms with Crippen LogP contribution < -0.4 is 4.90 Å². The van der Waals surface area contributed by atoms with Crippen LogP contribution in [-0.2, 0) is 9.53 Å². The van der Waals surface area contributed by atoms with E-state index in [-0.39, 0.29) is 18.7 Å². The second kappa shape index (κ2) is 7.98. The number of imide groups is 1. The molecule has 2 fully saturated rings. The lowest BCUT2D eigenvalue weighted by Gasteiger charge is -2.36. The zero-order valence-electron chi connectivity index (χ0n) is 17.2. The zero-order valence-corrected chi connectivity index (χ0v) is 17.2. The monoisotopic (exact) mass is 406 g/mol. The Morgan fingerprint density at radius 2 is 1.69 bits per heavy atom. The summed E-state index contributed by atoms with van der Waals surface area (Å²) in [5, 5.41) is 0. The van der Waals surface area contributed by atoms with Crippen LogP contribution >= 0.6 is 0 Å². The van der Waals surface area contributed by atoms with Gasteiger partial charge in [0.25, 0.3) is 5.91 Å². The van der Waals surface area contributed by atoms with Crippen LogP contribution in [0.15, 0.2) is 24.3 Å². The van der Waals surface area contributed by atoms with Crippen molar-refractivity contribution in [1.29, 1.82) is 0 Å². The highest BCUT2D eigenvalue weighted by Crippen LogP contribution is 2.26. The largest absolute Gasteiger partial charge is 0.444 e. The summed E-state index contributed by atoms with van der Waals surface area (Å²) in [5.41, 5.74) is -0.0720. The molecule has 158 valence electrons. The number of benzene rings is 1. The summed E-state index contributed by atoms with van der Waals surface area (Å²) in [6.45, 7) is 9.25. The quantitative estimate of drug-likeness (QED) is 0.721. The van der Waals surface area contributed by atoms with Gasteiger partial charge in [-0.2, -0.15) is 0 Å². The molecule has 4 amide bonds. The van der Waals surface area contributed by atoms with E-state index in [0.717, 1.165) is 0 Å². The van der Waals surface area contributed by atoms with Gasteiger partial charge in [-0.3, -0.25) is 14.6 Å². The van der Waals surface area contributed by atoms with Crippen molar-refractivity contribution in [2.24, 2.45) is 0 Å². The predicted molar refractivity (Wildman–Crippen MR) is 105 cm³/mol. The lowest BCUT2D eigenvalue weighted by molar-refractivity contribution is -0.128. The van der Waals surface area contributed by atoms with Crippen molar-refractivity contribution in [1.82, 2.24) is 14.7 Å². The number of halogens is 1. The molecule has 3 rings (SSSR count). The second-order valence-electron chi connectivity index (χ2n) is 8.30. The molecule has 29 heavy (non-hydrogen) atoms. The summed E-state index contributed by atoms with van der Waals surface area (Å²) in [6.07, 6.45) is -0.360. The molecular weight excluding hydrogens is 379 g/mol. The first-order chi connectivity index (χ1) is 13.6. The maximum absolute atomic E-state index is 13.2. The Morgan fingerprint density at radius 3 is 2.24 bits per heavy atom. The molecule has 0 spiro atoms. The zero-order chi connectivity index (χ0) is 21.3. The van der Waals surface area contributed by atoms with Crippen molar-refractivity contribution >= 4 is 23.7 Å². The van der Waals surface area contributed by atoms with Crippen LogP contribution in [0.4, 0.5) is 19.7 Å². The number of anilines is 1. The molecular formula is C20H27FN4O4. The molecule has 1 atom stereocenters. The Kier molecular flexibility index (Phi) is 5.79. The molecule has 2 saturated heterocycles. The number of hydrogen-bond acceptors (Lipinski definition) is 5. The molecule has 1 aromatic rings. The van der Waals surface area contributed by atoms with Gasteiger partial charge in [-0.05, 0) is 52.0 Å². The van der Waals surface area contributed by atoms with E-state index in [0.29, 0.717) is 31.9 Å². The average Bonchev–Trinajstić information content (AvgIpc) is 2.85. The number of ether oxygens (including phenoxy) is 1. The molecule has 8 nitrogen and oxygen atoms in total. The van der Waals surface area contributed by atoms with Gasteiger partial charge in [-0.1, -0.05) is 0 Å². The van der Waals surface area contributed by atoms with Crippen molar-refractivity contribution in [3.05, 3.63) is 30.1 Å². The standard InChI is InChI=1S/C20H27FN4O4/c1-14-17(26)24(18(27)25(14)16-7-5-15(21)6-8-16)13-22-9-11-23(12-10-22)19(28)29-20(2,3)4/h5-8,14H,9-13H2,1-4H3/t14-/m1/s1. The smallest absolute Gasteiger partial charge is 0.410 e. The summed E-state index contributed by atoms with van der Waals surface area (Å²) < 4.78 is 18.6. The van der Waals surface area contributed by atoms with Crippen molar-refractivity contribution in [3.8, 4) is 0 Å². The van der Waals surface area contributed by atoms with Gasteiger partial charge < -0.3 is 9.64 Å². The average molecular weight is 406 g/mol. The van der Waals surface area contributed by atoms with Crippen LogP contribution in [0.5, 0.6) is 0 Å². The van der Waals surface area contributed by atoms with E-state index in [4.69, 9.17) is 4.74 Å². The fraction of sp³-hybridized carbons (Fsp3) is 0.550. The Morgan fingerprint density at radius 1 is 1.10 bits per heavy atom. The van der Waals surface area contributed by atoms with Crippen LogP contribution in [0.1, 0.15) is 27.7 Å². The molecule has 9 heteroatoms. The first-order valence-electron chi connectivity index (χ1n) is 9.67. The molecule has 1 aromatic carbocycles. The molecule has 2 aliphatic rings. The third kappa shape index (κ3) is 4.67. The molecule has 0 aliphatic carbocycles. The summed E-state index contributed by atoms with van der Waals surface area (Å²) in [6, 6.07) is 4.41. The van der Waals surface area contributed by atoms with Crippen LogP contribution in [0, 0.1) is 5.82 Å². The molecule has 0 unspecified atom stereocenters. The molecule has 0 radical (unpaired) electrons. The van der Waals surface area contributed by atoms with E-state index < -0.39 is 23.5 Å². The minimum absolute atomic E-state index is 0.155. The van der Waals surface area contributed by atoms with Gasteiger partial charge in [0.1, 0.15) is 17.5 Å². The fourth-order valence-corrected chi connectivity index (χ4v) is 3.39. The minimum Gasteiger partial charge on any atom is -0.444 e.